The fourth-order valence-electron chi connectivity index (χ4n) is 2.76. The second kappa shape index (κ2) is 6.79. The van der Waals surface area contributed by atoms with Crippen LogP contribution in [0.15, 0.2) is 24.3 Å². The van der Waals surface area contributed by atoms with Crippen molar-refractivity contribution in [2.75, 3.05) is 6.61 Å². The van der Waals surface area contributed by atoms with E-state index in [4.69, 9.17) is 4.74 Å². The van der Waals surface area contributed by atoms with Crippen LogP contribution in [-0.2, 0) is 0 Å². The first-order valence-electron chi connectivity index (χ1n) is 7.13. The Morgan fingerprint density at radius 3 is 2.78 bits per heavy atom. The molecule has 1 aromatic carbocycles. The van der Waals surface area contributed by atoms with Gasteiger partial charge in [-0.05, 0) is 43.4 Å². The smallest absolute Gasteiger partial charge is 0.119 e. The van der Waals surface area contributed by atoms with Crippen LogP contribution in [0.25, 0.3) is 0 Å². The van der Waals surface area contributed by atoms with Crippen molar-refractivity contribution in [3.05, 3.63) is 29.8 Å². The SMILES string of the molecule is Cc1cccc(OCCC(O)C2CCCCC2)c1. The number of hydrogen-bond donors (Lipinski definition) is 1. The molecule has 1 aliphatic rings. The molecule has 2 nitrogen and oxygen atoms in total. The van der Waals surface area contributed by atoms with Gasteiger partial charge < -0.3 is 9.84 Å². The van der Waals surface area contributed by atoms with Gasteiger partial charge in [-0.3, -0.25) is 0 Å². The van der Waals surface area contributed by atoms with E-state index in [-0.39, 0.29) is 6.10 Å². The predicted molar refractivity (Wildman–Crippen MR) is 73.9 cm³/mol. The summed E-state index contributed by atoms with van der Waals surface area (Å²) in [5.74, 6) is 1.41. The molecule has 1 saturated carbocycles. The molecule has 1 N–H and O–H groups in total. The van der Waals surface area contributed by atoms with E-state index in [0.29, 0.717) is 12.5 Å². The van der Waals surface area contributed by atoms with E-state index in [0.717, 1.165) is 12.2 Å². The fourth-order valence-corrected chi connectivity index (χ4v) is 2.76. The quantitative estimate of drug-likeness (QED) is 0.861. The van der Waals surface area contributed by atoms with Crippen LogP contribution < -0.4 is 4.74 Å². The van der Waals surface area contributed by atoms with Crippen molar-refractivity contribution in [3.63, 3.8) is 0 Å². The Kier molecular flexibility index (Phi) is 5.06. The van der Waals surface area contributed by atoms with Crippen molar-refractivity contribution in [3.8, 4) is 5.75 Å². The highest BCUT2D eigenvalue weighted by atomic mass is 16.5. The molecule has 0 radical (unpaired) electrons. The van der Waals surface area contributed by atoms with Crippen molar-refractivity contribution in [1.29, 1.82) is 0 Å². The number of aliphatic hydroxyl groups excluding tert-OH is 1. The van der Waals surface area contributed by atoms with E-state index < -0.39 is 0 Å². The maximum absolute atomic E-state index is 10.1. The normalized spacial score (nSPS) is 18.6. The predicted octanol–water partition coefficient (Wildman–Crippen LogP) is 3.71. The van der Waals surface area contributed by atoms with E-state index in [9.17, 15) is 5.11 Å². The van der Waals surface area contributed by atoms with Gasteiger partial charge in [-0.2, -0.15) is 0 Å². The van der Waals surface area contributed by atoms with E-state index in [2.05, 4.69) is 13.0 Å². The number of benzene rings is 1. The summed E-state index contributed by atoms with van der Waals surface area (Å²) in [5.41, 5.74) is 1.21. The standard InChI is InChI=1S/C16H24O2/c1-13-6-5-9-15(12-13)18-11-10-16(17)14-7-3-2-4-8-14/h5-6,9,12,14,16-17H,2-4,7-8,10-11H2,1H3. The summed E-state index contributed by atoms with van der Waals surface area (Å²) in [6.07, 6.45) is 6.83. The highest BCUT2D eigenvalue weighted by molar-refractivity contribution is 5.27. The Hall–Kier alpha value is -1.02. The number of aliphatic hydroxyl groups is 1. The summed E-state index contributed by atoms with van der Waals surface area (Å²) in [6, 6.07) is 8.07. The Morgan fingerprint density at radius 1 is 1.28 bits per heavy atom. The van der Waals surface area contributed by atoms with E-state index in [1.807, 2.05) is 18.2 Å². The second-order valence-electron chi connectivity index (χ2n) is 5.42. The minimum absolute atomic E-state index is 0.185. The average molecular weight is 248 g/mol. The van der Waals surface area contributed by atoms with Gasteiger partial charge in [0.2, 0.25) is 0 Å². The zero-order valence-corrected chi connectivity index (χ0v) is 11.3. The maximum Gasteiger partial charge on any atom is 0.119 e. The molecule has 1 aromatic rings. The lowest BCUT2D eigenvalue weighted by atomic mass is 9.84. The molecule has 1 fully saturated rings. The molecule has 2 heteroatoms. The third-order valence-corrected chi connectivity index (χ3v) is 3.87. The van der Waals surface area contributed by atoms with Crippen molar-refractivity contribution in [2.24, 2.45) is 5.92 Å². The van der Waals surface area contributed by atoms with Gasteiger partial charge in [-0.25, -0.2) is 0 Å². The summed E-state index contributed by atoms with van der Waals surface area (Å²) >= 11 is 0. The first kappa shape index (κ1) is 13.4. The highest BCUT2D eigenvalue weighted by Crippen LogP contribution is 2.27. The van der Waals surface area contributed by atoms with Crippen LogP contribution in [0.3, 0.4) is 0 Å². The lowest BCUT2D eigenvalue weighted by Gasteiger charge is -2.26. The van der Waals surface area contributed by atoms with Gasteiger partial charge >= 0.3 is 0 Å². The minimum atomic E-state index is -0.185. The van der Waals surface area contributed by atoms with Crippen molar-refractivity contribution in [1.82, 2.24) is 0 Å². The Balaban J connectivity index is 1.71. The van der Waals surface area contributed by atoms with Crippen LogP contribution in [0, 0.1) is 12.8 Å². The molecule has 0 aliphatic heterocycles. The van der Waals surface area contributed by atoms with Crippen molar-refractivity contribution < 1.29 is 9.84 Å². The van der Waals surface area contributed by atoms with Gasteiger partial charge in [0.25, 0.3) is 0 Å². The van der Waals surface area contributed by atoms with Gasteiger partial charge in [0.05, 0.1) is 12.7 Å². The first-order valence-corrected chi connectivity index (χ1v) is 7.13. The molecule has 18 heavy (non-hydrogen) atoms. The van der Waals surface area contributed by atoms with Crippen LogP contribution in [0.2, 0.25) is 0 Å². The van der Waals surface area contributed by atoms with Crippen LogP contribution >= 0.6 is 0 Å². The lowest BCUT2D eigenvalue weighted by Crippen LogP contribution is -2.24. The van der Waals surface area contributed by atoms with Crippen molar-refractivity contribution in [2.45, 2.75) is 51.6 Å². The van der Waals surface area contributed by atoms with Crippen LogP contribution in [0.4, 0.5) is 0 Å². The molecule has 0 spiro atoms. The van der Waals surface area contributed by atoms with Gasteiger partial charge in [0.15, 0.2) is 0 Å². The average Bonchev–Trinajstić information content (AvgIpc) is 2.40. The maximum atomic E-state index is 10.1. The fraction of sp³-hybridized carbons (Fsp3) is 0.625. The molecule has 0 bridgehead atoms. The second-order valence-corrected chi connectivity index (χ2v) is 5.42. The summed E-state index contributed by atoms with van der Waals surface area (Å²) in [7, 11) is 0. The Labute approximate surface area is 110 Å². The molecule has 0 saturated heterocycles. The third-order valence-electron chi connectivity index (χ3n) is 3.87. The Morgan fingerprint density at radius 2 is 2.06 bits per heavy atom. The summed E-state index contributed by atoms with van der Waals surface area (Å²) < 4.78 is 5.69. The van der Waals surface area contributed by atoms with E-state index >= 15 is 0 Å². The highest BCUT2D eigenvalue weighted by Gasteiger charge is 2.21. The van der Waals surface area contributed by atoms with Gasteiger partial charge in [-0.15, -0.1) is 0 Å². The zero-order chi connectivity index (χ0) is 12.8. The molecule has 0 heterocycles. The molecule has 0 amide bonds. The molecule has 100 valence electrons. The molecule has 2 rings (SSSR count). The van der Waals surface area contributed by atoms with Crippen LogP contribution in [0.5, 0.6) is 5.75 Å². The number of ether oxygens (including phenoxy) is 1. The number of aryl methyl sites for hydroxylation is 1. The molecular weight excluding hydrogens is 224 g/mol. The summed E-state index contributed by atoms with van der Waals surface area (Å²) in [4.78, 5) is 0. The minimum Gasteiger partial charge on any atom is -0.493 e. The van der Waals surface area contributed by atoms with E-state index in [1.54, 1.807) is 0 Å². The number of rotatable bonds is 5. The molecule has 0 aromatic heterocycles. The van der Waals surface area contributed by atoms with Crippen LogP contribution in [-0.4, -0.2) is 17.8 Å². The largest absolute Gasteiger partial charge is 0.493 e. The van der Waals surface area contributed by atoms with Gasteiger partial charge in [-0.1, -0.05) is 31.4 Å². The number of hydrogen-bond acceptors (Lipinski definition) is 2. The first-order chi connectivity index (χ1) is 8.75. The monoisotopic (exact) mass is 248 g/mol. The third kappa shape index (κ3) is 4.02. The Bertz CT molecular complexity index is 356. The molecule has 1 unspecified atom stereocenters. The zero-order valence-electron chi connectivity index (χ0n) is 11.3. The summed E-state index contributed by atoms with van der Waals surface area (Å²) in [6.45, 7) is 2.67. The molecular formula is C16H24O2. The van der Waals surface area contributed by atoms with Crippen LogP contribution in [0.1, 0.15) is 44.1 Å². The summed E-state index contributed by atoms with van der Waals surface area (Å²) in [5, 5.41) is 10.1. The molecule has 1 aliphatic carbocycles. The lowest BCUT2D eigenvalue weighted by molar-refractivity contribution is 0.0641. The van der Waals surface area contributed by atoms with E-state index in [1.165, 1.54) is 37.7 Å². The molecule has 1 atom stereocenters. The van der Waals surface area contributed by atoms with Gasteiger partial charge in [0, 0.05) is 6.42 Å². The topological polar surface area (TPSA) is 29.5 Å². The van der Waals surface area contributed by atoms with Crippen molar-refractivity contribution >= 4 is 0 Å². The van der Waals surface area contributed by atoms with Gasteiger partial charge in [0.1, 0.15) is 5.75 Å².